The number of hydrogen-bond donors (Lipinski definition) is 1. The molecule has 2 unspecified atom stereocenters. The second-order valence-corrected chi connectivity index (χ2v) is 4.72. The van der Waals surface area contributed by atoms with Crippen molar-refractivity contribution in [1.29, 1.82) is 0 Å². The standard InChI is InChI=1S/C11H23N/c1-9(2)5-4-6-11-8-12-7-10(11)3/h9-12H,4-8H2,1-3H3. The first-order valence-electron chi connectivity index (χ1n) is 5.41. The highest BCUT2D eigenvalue weighted by atomic mass is 14.9. The van der Waals surface area contributed by atoms with Gasteiger partial charge in [0, 0.05) is 0 Å². The van der Waals surface area contributed by atoms with Crippen LogP contribution in [0.1, 0.15) is 40.0 Å². The van der Waals surface area contributed by atoms with E-state index in [2.05, 4.69) is 26.1 Å². The summed E-state index contributed by atoms with van der Waals surface area (Å²) in [5.74, 6) is 2.76. The van der Waals surface area contributed by atoms with Crippen molar-refractivity contribution in [3.63, 3.8) is 0 Å². The summed E-state index contributed by atoms with van der Waals surface area (Å²) in [7, 11) is 0. The summed E-state index contributed by atoms with van der Waals surface area (Å²) in [4.78, 5) is 0. The molecule has 0 saturated carbocycles. The number of hydrogen-bond acceptors (Lipinski definition) is 1. The lowest BCUT2D eigenvalue weighted by Crippen LogP contribution is -2.09. The molecule has 0 aromatic carbocycles. The lowest BCUT2D eigenvalue weighted by Gasteiger charge is -2.14. The Morgan fingerprint density at radius 2 is 2.08 bits per heavy atom. The minimum atomic E-state index is 0.884. The molecule has 0 amide bonds. The average molecular weight is 169 g/mol. The van der Waals surface area contributed by atoms with E-state index in [9.17, 15) is 0 Å². The van der Waals surface area contributed by atoms with Crippen LogP contribution in [0.15, 0.2) is 0 Å². The monoisotopic (exact) mass is 169 g/mol. The van der Waals surface area contributed by atoms with Crippen molar-refractivity contribution < 1.29 is 0 Å². The molecule has 1 saturated heterocycles. The third kappa shape index (κ3) is 3.14. The largest absolute Gasteiger partial charge is 0.316 e. The summed E-state index contributed by atoms with van der Waals surface area (Å²) in [6.07, 6.45) is 4.27. The fourth-order valence-corrected chi connectivity index (χ4v) is 2.04. The van der Waals surface area contributed by atoms with Crippen LogP contribution in [-0.2, 0) is 0 Å². The van der Waals surface area contributed by atoms with Crippen LogP contribution in [-0.4, -0.2) is 13.1 Å². The number of rotatable bonds is 4. The Kier molecular flexibility index (Phi) is 4.07. The zero-order valence-electron chi connectivity index (χ0n) is 8.77. The normalized spacial score (nSPS) is 30.0. The highest BCUT2D eigenvalue weighted by Crippen LogP contribution is 2.22. The Morgan fingerprint density at radius 1 is 1.33 bits per heavy atom. The van der Waals surface area contributed by atoms with Gasteiger partial charge in [-0.1, -0.05) is 33.6 Å². The van der Waals surface area contributed by atoms with Gasteiger partial charge in [0.1, 0.15) is 0 Å². The zero-order chi connectivity index (χ0) is 8.97. The second kappa shape index (κ2) is 4.86. The molecule has 0 aromatic heterocycles. The van der Waals surface area contributed by atoms with E-state index in [0.29, 0.717) is 0 Å². The van der Waals surface area contributed by atoms with Gasteiger partial charge in [-0.25, -0.2) is 0 Å². The molecule has 72 valence electrons. The summed E-state index contributed by atoms with van der Waals surface area (Å²) < 4.78 is 0. The van der Waals surface area contributed by atoms with Crippen LogP contribution in [0.3, 0.4) is 0 Å². The van der Waals surface area contributed by atoms with E-state index in [0.717, 1.165) is 17.8 Å². The molecule has 0 aromatic rings. The second-order valence-electron chi connectivity index (χ2n) is 4.72. The Bertz CT molecular complexity index is 120. The summed E-state index contributed by atoms with van der Waals surface area (Å²) in [5, 5.41) is 3.46. The van der Waals surface area contributed by atoms with E-state index in [4.69, 9.17) is 0 Å². The summed E-state index contributed by atoms with van der Waals surface area (Å²) in [6, 6.07) is 0. The number of nitrogens with one attached hydrogen (secondary N) is 1. The summed E-state index contributed by atoms with van der Waals surface area (Å²) in [6.45, 7) is 9.51. The van der Waals surface area contributed by atoms with Crippen LogP contribution in [0, 0.1) is 17.8 Å². The predicted octanol–water partition coefficient (Wildman–Crippen LogP) is 2.67. The van der Waals surface area contributed by atoms with Crippen molar-refractivity contribution in [2.24, 2.45) is 17.8 Å². The van der Waals surface area contributed by atoms with Crippen LogP contribution in [0.4, 0.5) is 0 Å². The lowest BCUT2D eigenvalue weighted by molar-refractivity contribution is 0.389. The van der Waals surface area contributed by atoms with Crippen LogP contribution in [0.2, 0.25) is 0 Å². The Balaban J connectivity index is 2.06. The Morgan fingerprint density at radius 3 is 2.58 bits per heavy atom. The molecule has 1 fully saturated rings. The molecule has 0 spiro atoms. The van der Waals surface area contributed by atoms with Crippen molar-refractivity contribution >= 4 is 0 Å². The first-order valence-corrected chi connectivity index (χ1v) is 5.41. The fraction of sp³-hybridized carbons (Fsp3) is 1.00. The van der Waals surface area contributed by atoms with Gasteiger partial charge in [-0.05, 0) is 37.3 Å². The van der Waals surface area contributed by atoms with Gasteiger partial charge in [0.05, 0.1) is 0 Å². The highest BCUT2D eigenvalue weighted by Gasteiger charge is 2.21. The van der Waals surface area contributed by atoms with E-state index in [1.54, 1.807) is 0 Å². The summed E-state index contributed by atoms with van der Waals surface area (Å²) in [5.41, 5.74) is 0. The van der Waals surface area contributed by atoms with Crippen molar-refractivity contribution in [1.82, 2.24) is 5.32 Å². The van der Waals surface area contributed by atoms with Crippen LogP contribution in [0.25, 0.3) is 0 Å². The highest BCUT2D eigenvalue weighted by molar-refractivity contribution is 4.77. The van der Waals surface area contributed by atoms with E-state index in [1.165, 1.54) is 32.4 Å². The molecule has 2 atom stereocenters. The topological polar surface area (TPSA) is 12.0 Å². The maximum Gasteiger partial charge on any atom is -0.00174 e. The Labute approximate surface area is 76.9 Å². The molecule has 1 heteroatoms. The molecule has 0 aliphatic carbocycles. The molecule has 1 nitrogen and oxygen atoms in total. The smallest absolute Gasteiger partial charge is 0.00174 e. The van der Waals surface area contributed by atoms with E-state index >= 15 is 0 Å². The quantitative estimate of drug-likeness (QED) is 0.682. The minimum Gasteiger partial charge on any atom is -0.316 e. The molecule has 12 heavy (non-hydrogen) atoms. The zero-order valence-corrected chi connectivity index (χ0v) is 8.77. The van der Waals surface area contributed by atoms with Crippen molar-refractivity contribution in [2.45, 2.75) is 40.0 Å². The fourth-order valence-electron chi connectivity index (χ4n) is 2.04. The third-order valence-corrected chi connectivity index (χ3v) is 3.03. The molecule has 1 aliphatic heterocycles. The molecule has 0 bridgehead atoms. The molecular formula is C11H23N. The molecule has 1 heterocycles. The van der Waals surface area contributed by atoms with Gasteiger partial charge < -0.3 is 5.32 Å². The van der Waals surface area contributed by atoms with Gasteiger partial charge in [0.2, 0.25) is 0 Å². The maximum absolute atomic E-state index is 3.46. The predicted molar refractivity (Wildman–Crippen MR) is 54.2 cm³/mol. The SMILES string of the molecule is CC(C)CCCC1CNCC1C. The van der Waals surface area contributed by atoms with Crippen LogP contribution >= 0.6 is 0 Å². The molecule has 0 radical (unpaired) electrons. The van der Waals surface area contributed by atoms with Crippen LogP contribution in [0.5, 0.6) is 0 Å². The first kappa shape index (κ1) is 10.0. The van der Waals surface area contributed by atoms with Gasteiger partial charge in [0.15, 0.2) is 0 Å². The van der Waals surface area contributed by atoms with Gasteiger partial charge in [-0.2, -0.15) is 0 Å². The van der Waals surface area contributed by atoms with Crippen molar-refractivity contribution in [2.75, 3.05) is 13.1 Å². The van der Waals surface area contributed by atoms with Gasteiger partial charge in [-0.15, -0.1) is 0 Å². The van der Waals surface area contributed by atoms with Crippen molar-refractivity contribution in [3.05, 3.63) is 0 Å². The van der Waals surface area contributed by atoms with Gasteiger partial charge in [0.25, 0.3) is 0 Å². The van der Waals surface area contributed by atoms with Crippen molar-refractivity contribution in [3.8, 4) is 0 Å². The average Bonchev–Trinajstić information content (AvgIpc) is 2.36. The summed E-state index contributed by atoms with van der Waals surface area (Å²) >= 11 is 0. The third-order valence-electron chi connectivity index (χ3n) is 3.03. The molecule has 1 N–H and O–H groups in total. The minimum absolute atomic E-state index is 0.884. The molecule has 1 aliphatic rings. The Hall–Kier alpha value is -0.0400. The first-order chi connectivity index (χ1) is 5.70. The van der Waals surface area contributed by atoms with E-state index < -0.39 is 0 Å². The van der Waals surface area contributed by atoms with E-state index in [1.807, 2.05) is 0 Å². The maximum atomic E-state index is 3.46. The molecule has 1 rings (SSSR count). The molecular weight excluding hydrogens is 146 g/mol. The van der Waals surface area contributed by atoms with Gasteiger partial charge >= 0.3 is 0 Å². The van der Waals surface area contributed by atoms with Crippen LogP contribution < -0.4 is 5.32 Å². The lowest BCUT2D eigenvalue weighted by atomic mass is 9.91. The van der Waals surface area contributed by atoms with Gasteiger partial charge in [-0.3, -0.25) is 0 Å². The van der Waals surface area contributed by atoms with E-state index in [-0.39, 0.29) is 0 Å².